The van der Waals surface area contributed by atoms with Crippen LogP contribution in [0.3, 0.4) is 0 Å². The van der Waals surface area contributed by atoms with Crippen LogP contribution in [0.1, 0.15) is 40.5 Å². The fraction of sp³-hybridized carbons (Fsp3) is 0.625. The molecule has 0 aliphatic carbocycles. The van der Waals surface area contributed by atoms with Crippen LogP contribution in [0.4, 0.5) is 0 Å². The summed E-state index contributed by atoms with van der Waals surface area (Å²) in [6.45, 7) is 4.99. The number of amides is 1. The summed E-state index contributed by atoms with van der Waals surface area (Å²) in [6.07, 6.45) is 3.75. The largest absolute Gasteiger partial charge is 0.378 e. The van der Waals surface area contributed by atoms with Gasteiger partial charge in [0.15, 0.2) is 0 Å². The van der Waals surface area contributed by atoms with Crippen molar-refractivity contribution in [1.82, 2.24) is 29.6 Å². The van der Waals surface area contributed by atoms with Crippen molar-refractivity contribution in [2.75, 3.05) is 39.4 Å². The molecule has 140 valence electrons. The maximum atomic E-state index is 12.9. The highest BCUT2D eigenvalue weighted by atomic mass is 35.5. The molecule has 1 atom stereocenters. The van der Waals surface area contributed by atoms with Crippen LogP contribution in [0.25, 0.3) is 0 Å². The number of hydrogen-bond donors (Lipinski definition) is 1. The molecule has 2 aromatic heterocycles. The minimum Gasteiger partial charge on any atom is -0.378 e. The third-order valence-corrected chi connectivity index (χ3v) is 5.98. The van der Waals surface area contributed by atoms with Gasteiger partial charge >= 0.3 is 0 Å². The molecule has 1 N–H and O–H groups in total. The van der Waals surface area contributed by atoms with E-state index < -0.39 is 0 Å². The number of morpholine rings is 1. The second kappa shape index (κ2) is 7.99. The Morgan fingerprint density at radius 3 is 3.00 bits per heavy atom. The number of aromatic nitrogens is 4. The lowest BCUT2D eigenvalue weighted by Gasteiger charge is -2.32. The van der Waals surface area contributed by atoms with Gasteiger partial charge in [0.2, 0.25) is 0 Å². The van der Waals surface area contributed by atoms with E-state index in [-0.39, 0.29) is 11.8 Å². The van der Waals surface area contributed by atoms with Gasteiger partial charge in [0.05, 0.1) is 30.7 Å². The van der Waals surface area contributed by atoms with E-state index in [1.54, 1.807) is 6.20 Å². The number of piperidine rings is 1. The van der Waals surface area contributed by atoms with E-state index in [2.05, 4.69) is 24.7 Å². The van der Waals surface area contributed by atoms with E-state index in [0.717, 1.165) is 37.3 Å². The number of halogens is 1. The van der Waals surface area contributed by atoms with Crippen molar-refractivity contribution in [2.24, 2.45) is 0 Å². The zero-order valence-electron chi connectivity index (χ0n) is 14.4. The van der Waals surface area contributed by atoms with Gasteiger partial charge in [-0.05, 0) is 19.4 Å². The third-order valence-electron chi connectivity index (χ3n) is 4.99. The Hall–Kier alpha value is -1.55. The number of carbonyl (C=O) groups is 1. The lowest BCUT2D eigenvalue weighted by atomic mass is 9.92. The van der Waals surface area contributed by atoms with Crippen molar-refractivity contribution in [3.05, 3.63) is 27.5 Å². The summed E-state index contributed by atoms with van der Waals surface area (Å²) < 4.78 is 9.89. The van der Waals surface area contributed by atoms with Crippen LogP contribution in [0.5, 0.6) is 0 Å². The Balaban J connectivity index is 1.46. The predicted molar refractivity (Wildman–Crippen MR) is 97.5 cm³/mol. The summed E-state index contributed by atoms with van der Waals surface area (Å²) >= 11 is 7.35. The minimum absolute atomic E-state index is 0.0425. The maximum Gasteiger partial charge on any atom is 0.257 e. The molecule has 4 rings (SSSR count). The van der Waals surface area contributed by atoms with Gasteiger partial charge in [-0.25, -0.2) is 0 Å². The summed E-state index contributed by atoms with van der Waals surface area (Å²) in [5.41, 5.74) is 2.45. The normalized spacial score (nSPS) is 21.9. The maximum absolute atomic E-state index is 12.9. The smallest absolute Gasteiger partial charge is 0.257 e. The lowest BCUT2D eigenvalue weighted by molar-refractivity contribution is 0.0301. The summed E-state index contributed by atoms with van der Waals surface area (Å²) in [5, 5.41) is 11.3. The highest BCUT2D eigenvalue weighted by Crippen LogP contribution is 2.30. The van der Waals surface area contributed by atoms with Crippen LogP contribution < -0.4 is 0 Å². The zero-order chi connectivity index (χ0) is 17.9. The van der Waals surface area contributed by atoms with E-state index in [1.165, 1.54) is 11.5 Å². The number of nitrogens with one attached hydrogen (secondary N) is 1. The average Bonchev–Trinajstić information content (AvgIpc) is 3.32. The van der Waals surface area contributed by atoms with Crippen molar-refractivity contribution in [2.45, 2.75) is 25.3 Å². The summed E-state index contributed by atoms with van der Waals surface area (Å²) in [5.74, 6) is 0.289. The van der Waals surface area contributed by atoms with Gasteiger partial charge in [0, 0.05) is 43.6 Å². The summed E-state index contributed by atoms with van der Waals surface area (Å²) in [7, 11) is 0. The number of H-pyrrole nitrogens is 1. The van der Waals surface area contributed by atoms with Crippen LogP contribution in [-0.2, 0) is 11.3 Å². The number of rotatable bonds is 4. The predicted octanol–water partition coefficient (Wildman–Crippen LogP) is 1.77. The Morgan fingerprint density at radius 1 is 1.38 bits per heavy atom. The highest BCUT2D eigenvalue weighted by molar-refractivity contribution is 7.10. The van der Waals surface area contributed by atoms with Crippen LogP contribution in [-0.4, -0.2) is 74.9 Å². The number of ether oxygens (including phenoxy) is 1. The summed E-state index contributed by atoms with van der Waals surface area (Å²) in [4.78, 5) is 17.0. The van der Waals surface area contributed by atoms with Crippen LogP contribution in [0.15, 0.2) is 6.20 Å². The van der Waals surface area contributed by atoms with Crippen LogP contribution in [0, 0.1) is 0 Å². The standard InChI is InChI=1S/C16H21ClN6O2S/c17-15-13(19-21-26-15)10-22-3-1-2-11(9-22)14-12(8-18-20-14)16(24)23-4-6-25-7-5-23/h8,11H,1-7,9-10H2,(H,18,20)/t11-/m0/s1. The Labute approximate surface area is 160 Å². The van der Waals surface area contributed by atoms with Gasteiger partial charge in [0.25, 0.3) is 5.91 Å². The van der Waals surface area contributed by atoms with Gasteiger partial charge < -0.3 is 9.64 Å². The number of nitrogens with zero attached hydrogens (tertiary/aromatic N) is 5. The topological polar surface area (TPSA) is 87.2 Å². The van der Waals surface area contributed by atoms with Gasteiger partial charge in [-0.1, -0.05) is 16.1 Å². The first kappa shape index (κ1) is 17.8. The fourth-order valence-electron chi connectivity index (χ4n) is 3.65. The molecule has 1 amide bonds. The van der Waals surface area contributed by atoms with Crippen molar-refractivity contribution in [3.63, 3.8) is 0 Å². The minimum atomic E-state index is 0.0425. The Bertz CT molecular complexity index is 760. The molecule has 2 aromatic rings. The first-order chi connectivity index (χ1) is 12.7. The Morgan fingerprint density at radius 2 is 2.23 bits per heavy atom. The summed E-state index contributed by atoms with van der Waals surface area (Å²) in [6, 6.07) is 0. The fourth-order valence-corrected chi connectivity index (χ4v) is 4.26. The highest BCUT2D eigenvalue weighted by Gasteiger charge is 2.29. The van der Waals surface area contributed by atoms with Crippen LogP contribution >= 0.6 is 23.1 Å². The second-order valence-electron chi connectivity index (χ2n) is 6.67. The molecule has 2 saturated heterocycles. The van der Waals surface area contributed by atoms with Gasteiger partial charge in [0.1, 0.15) is 10.0 Å². The third kappa shape index (κ3) is 3.75. The molecule has 26 heavy (non-hydrogen) atoms. The Kier molecular flexibility index (Phi) is 5.49. The molecular weight excluding hydrogens is 376 g/mol. The lowest BCUT2D eigenvalue weighted by Crippen LogP contribution is -2.41. The number of carbonyl (C=O) groups excluding carboxylic acids is 1. The van der Waals surface area contributed by atoms with Crippen molar-refractivity contribution < 1.29 is 9.53 Å². The number of hydrogen-bond acceptors (Lipinski definition) is 7. The molecule has 2 aliphatic rings. The molecule has 0 spiro atoms. The van der Waals surface area contributed by atoms with E-state index in [9.17, 15) is 4.79 Å². The van der Waals surface area contributed by atoms with E-state index in [1.807, 2.05) is 4.90 Å². The van der Waals surface area contributed by atoms with E-state index in [4.69, 9.17) is 16.3 Å². The monoisotopic (exact) mass is 396 g/mol. The molecule has 0 bridgehead atoms. The first-order valence-corrected chi connectivity index (χ1v) is 9.97. The SMILES string of the molecule is O=C(c1cn[nH]c1[C@H]1CCCN(Cc2nnsc2Cl)C1)N1CCOCC1. The number of likely N-dealkylation sites (tertiary alicyclic amines) is 1. The molecule has 2 aliphatic heterocycles. The number of aromatic amines is 1. The molecule has 0 radical (unpaired) electrons. The molecule has 0 unspecified atom stereocenters. The van der Waals surface area contributed by atoms with Crippen LogP contribution in [0.2, 0.25) is 4.34 Å². The second-order valence-corrected chi connectivity index (χ2v) is 8.03. The van der Waals surface area contributed by atoms with Gasteiger partial charge in [-0.3, -0.25) is 14.8 Å². The van der Waals surface area contributed by atoms with Gasteiger partial charge in [-0.2, -0.15) is 5.10 Å². The molecule has 8 nitrogen and oxygen atoms in total. The van der Waals surface area contributed by atoms with E-state index >= 15 is 0 Å². The molecule has 10 heteroatoms. The molecule has 0 aromatic carbocycles. The molecule has 4 heterocycles. The molecule has 0 saturated carbocycles. The van der Waals surface area contributed by atoms with E-state index in [0.29, 0.717) is 42.7 Å². The van der Waals surface area contributed by atoms with Crippen molar-refractivity contribution in [3.8, 4) is 0 Å². The van der Waals surface area contributed by atoms with Crippen molar-refractivity contribution >= 4 is 29.0 Å². The first-order valence-electron chi connectivity index (χ1n) is 8.81. The zero-order valence-corrected chi connectivity index (χ0v) is 15.9. The van der Waals surface area contributed by atoms with Crippen molar-refractivity contribution in [1.29, 1.82) is 0 Å². The van der Waals surface area contributed by atoms with Gasteiger partial charge in [-0.15, -0.1) is 5.10 Å². The average molecular weight is 397 g/mol. The molecule has 2 fully saturated rings. The molecular formula is C16H21ClN6O2S. The quantitative estimate of drug-likeness (QED) is 0.847.